The third-order valence-electron chi connectivity index (χ3n) is 3.68. The molecule has 0 fully saturated rings. The SMILES string of the molecule is CCn1nc([C@@H](O)c2ccccc2)nc1CCCn1cncn1. The minimum atomic E-state index is -0.793. The first-order chi connectivity index (χ1) is 11.3. The fourth-order valence-corrected chi connectivity index (χ4v) is 2.48. The Kier molecular flexibility index (Phi) is 4.77. The highest BCUT2D eigenvalue weighted by atomic mass is 16.3. The van der Waals surface area contributed by atoms with Gasteiger partial charge in [-0.25, -0.2) is 14.6 Å². The highest BCUT2D eigenvalue weighted by Gasteiger charge is 2.17. The summed E-state index contributed by atoms with van der Waals surface area (Å²) >= 11 is 0. The van der Waals surface area contributed by atoms with Crippen molar-refractivity contribution in [3.63, 3.8) is 0 Å². The molecule has 2 heterocycles. The number of hydrogen-bond acceptors (Lipinski definition) is 5. The normalized spacial score (nSPS) is 12.4. The standard InChI is InChI=1S/C16H20N6O/c1-2-22-14(9-6-10-21-12-17-11-18-21)19-16(20-22)15(23)13-7-4-3-5-8-13/h3-5,7-8,11-12,15,23H,2,6,9-10H2,1H3/t15-/m0/s1. The quantitative estimate of drug-likeness (QED) is 0.716. The summed E-state index contributed by atoms with van der Waals surface area (Å²) in [5.74, 6) is 1.34. The van der Waals surface area contributed by atoms with Crippen molar-refractivity contribution < 1.29 is 5.11 Å². The third-order valence-corrected chi connectivity index (χ3v) is 3.68. The topological polar surface area (TPSA) is 81.6 Å². The molecule has 23 heavy (non-hydrogen) atoms. The Morgan fingerprint density at radius 1 is 1.22 bits per heavy atom. The zero-order valence-electron chi connectivity index (χ0n) is 13.1. The Morgan fingerprint density at radius 2 is 2.04 bits per heavy atom. The third kappa shape index (κ3) is 3.62. The van der Waals surface area contributed by atoms with E-state index in [1.807, 2.05) is 41.9 Å². The number of rotatable bonds is 7. The van der Waals surface area contributed by atoms with Crippen LogP contribution in [-0.2, 0) is 19.5 Å². The molecule has 1 atom stereocenters. The molecule has 1 N–H and O–H groups in total. The molecule has 1 aromatic carbocycles. The monoisotopic (exact) mass is 312 g/mol. The van der Waals surface area contributed by atoms with Gasteiger partial charge in [-0.2, -0.15) is 10.2 Å². The average Bonchev–Trinajstić information content (AvgIpc) is 3.24. The Balaban J connectivity index is 1.70. The average molecular weight is 312 g/mol. The van der Waals surface area contributed by atoms with Gasteiger partial charge in [0, 0.05) is 19.5 Å². The van der Waals surface area contributed by atoms with Gasteiger partial charge in [0.15, 0.2) is 5.82 Å². The molecule has 0 amide bonds. The highest BCUT2D eigenvalue weighted by molar-refractivity contribution is 5.22. The summed E-state index contributed by atoms with van der Waals surface area (Å²) in [6, 6.07) is 9.47. The first-order valence-electron chi connectivity index (χ1n) is 7.77. The maximum atomic E-state index is 10.4. The predicted octanol–water partition coefficient (Wildman–Crippen LogP) is 1.60. The number of hydrogen-bond donors (Lipinski definition) is 1. The van der Waals surface area contributed by atoms with E-state index in [0.29, 0.717) is 5.82 Å². The molecule has 0 saturated heterocycles. The van der Waals surface area contributed by atoms with Crippen molar-refractivity contribution in [2.24, 2.45) is 0 Å². The Hall–Kier alpha value is -2.54. The second kappa shape index (κ2) is 7.15. The van der Waals surface area contributed by atoms with Crippen molar-refractivity contribution in [1.29, 1.82) is 0 Å². The van der Waals surface area contributed by atoms with Gasteiger partial charge in [-0.05, 0) is 18.9 Å². The minimum Gasteiger partial charge on any atom is -0.380 e. The maximum Gasteiger partial charge on any atom is 0.183 e. The van der Waals surface area contributed by atoms with Crippen LogP contribution in [0.15, 0.2) is 43.0 Å². The number of aliphatic hydroxyl groups excluding tert-OH is 1. The lowest BCUT2D eigenvalue weighted by atomic mass is 10.1. The molecule has 0 spiro atoms. The molecule has 3 rings (SSSR count). The number of benzene rings is 1. The summed E-state index contributed by atoms with van der Waals surface area (Å²) in [5.41, 5.74) is 0.801. The summed E-state index contributed by atoms with van der Waals surface area (Å²) in [7, 11) is 0. The van der Waals surface area contributed by atoms with Gasteiger partial charge in [0.2, 0.25) is 0 Å². The molecule has 0 aliphatic heterocycles. The molecule has 0 radical (unpaired) electrons. The van der Waals surface area contributed by atoms with Crippen LogP contribution in [0.4, 0.5) is 0 Å². The second-order valence-electron chi connectivity index (χ2n) is 5.28. The van der Waals surface area contributed by atoms with Crippen LogP contribution in [0.25, 0.3) is 0 Å². The maximum absolute atomic E-state index is 10.4. The zero-order chi connectivity index (χ0) is 16.1. The molecule has 0 aliphatic carbocycles. The van der Waals surface area contributed by atoms with Gasteiger partial charge in [-0.15, -0.1) is 0 Å². The van der Waals surface area contributed by atoms with E-state index in [2.05, 4.69) is 20.2 Å². The van der Waals surface area contributed by atoms with Crippen molar-refractivity contribution in [3.8, 4) is 0 Å². The zero-order valence-corrected chi connectivity index (χ0v) is 13.1. The fourth-order valence-electron chi connectivity index (χ4n) is 2.48. The van der Waals surface area contributed by atoms with Gasteiger partial charge >= 0.3 is 0 Å². The largest absolute Gasteiger partial charge is 0.380 e. The number of aliphatic hydroxyl groups is 1. The fraction of sp³-hybridized carbons (Fsp3) is 0.375. The molecule has 3 aromatic rings. The van der Waals surface area contributed by atoms with Crippen molar-refractivity contribution in [1.82, 2.24) is 29.5 Å². The highest BCUT2D eigenvalue weighted by Crippen LogP contribution is 2.19. The van der Waals surface area contributed by atoms with E-state index in [1.54, 1.807) is 11.0 Å². The first-order valence-corrected chi connectivity index (χ1v) is 7.77. The Bertz CT molecular complexity index is 722. The molecule has 7 nitrogen and oxygen atoms in total. The summed E-state index contributed by atoms with van der Waals surface area (Å²) in [5, 5.41) is 19.0. The molecule has 0 bridgehead atoms. The van der Waals surface area contributed by atoms with E-state index in [0.717, 1.165) is 37.3 Å². The van der Waals surface area contributed by atoms with Gasteiger partial charge in [0.1, 0.15) is 24.6 Å². The van der Waals surface area contributed by atoms with Crippen molar-refractivity contribution in [2.75, 3.05) is 0 Å². The lowest BCUT2D eigenvalue weighted by Gasteiger charge is -2.05. The second-order valence-corrected chi connectivity index (χ2v) is 5.28. The molecule has 7 heteroatoms. The van der Waals surface area contributed by atoms with Crippen LogP contribution < -0.4 is 0 Å². The smallest absolute Gasteiger partial charge is 0.183 e. The summed E-state index contributed by atoms with van der Waals surface area (Å²) in [4.78, 5) is 8.46. The van der Waals surface area contributed by atoms with E-state index >= 15 is 0 Å². The first kappa shape index (κ1) is 15.4. The number of nitrogens with zero attached hydrogens (tertiary/aromatic N) is 6. The van der Waals surface area contributed by atoms with Gasteiger partial charge in [0.05, 0.1) is 0 Å². The van der Waals surface area contributed by atoms with E-state index < -0.39 is 6.10 Å². The number of aromatic nitrogens is 6. The predicted molar refractivity (Wildman–Crippen MR) is 84.5 cm³/mol. The minimum absolute atomic E-state index is 0.453. The van der Waals surface area contributed by atoms with Gasteiger partial charge in [0.25, 0.3) is 0 Å². The van der Waals surface area contributed by atoms with Crippen molar-refractivity contribution in [2.45, 2.75) is 39.0 Å². The summed E-state index contributed by atoms with van der Waals surface area (Å²) < 4.78 is 3.65. The molecule has 0 aliphatic rings. The molecule has 2 aromatic heterocycles. The van der Waals surface area contributed by atoms with Crippen LogP contribution >= 0.6 is 0 Å². The van der Waals surface area contributed by atoms with Crippen LogP contribution in [0, 0.1) is 0 Å². The van der Waals surface area contributed by atoms with Crippen LogP contribution in [0.1, 0.15) is 36.7 Å². The van der Waals surface area contributed by atoms with Gasteiger partial charge in [-0.1, -0.05) is 30.3 Å². The molecular formula is C16H20N6O. The Labute approximate surface area is 134 Å². The summed E-state index contributed by atoms with van der Waals surface area (Å²) in [6.45, 7) is 3.54. The molecule has 0 saturated carbocycles. The van der Waals surface area contributed by atoms with Gasteiger partial charge < -0.3 is 5.11 Å². The van der Waals surface area contributed by atoms with E-state index in [1.165, 1.54) is 6.33 Å². The lowest BCUT2D eigenvalue weighted by Crippen LogP contribution is -2.06. The van der Waals surface area contributed by atoms with E-state index in [-0.39, 0.29) is 0 Å². The van der Waals surface area contributed by atoms with Crippen LogP contribution in [-0.4, -0.2) is 34.6 Å². The molecular weight excluding hydrogens is 292 g/mol. The number of aryl methyl sites for hydroxylation is 3. The van der Waals surface area contributed by atoms with Crippen LogP contribution in [0.2, 0.25) is 0 Å². The lowest BCUT2D eigenvalue weighted by molar-refractivity contribution is 0.209. The van der Waals surface area contributed by atoms with Crippen molar-refractivity contribution >= 4 is 0 Å². The van der Waals surface area contributed by atoms with Gasteiger partial charge in [-0.3, -0.25) is 4.68 Å². The molecule has 0 unspecified atom stereocenters. The van der Waals surface area contributed by atoms with Crippen LogP contribution in [0.3, 0.4) is 0 Å². The van der Waals surface area contributed by atoms with Crippen LogP contribution in [0.5, 0.6) is 0 Å². The van der Waals surface area contributed by atoms with Crippen molar-refractivity contribution in [3.05, 3.63) is 60.2 Å². The summed E-state index contributed by atoms with van der Waals surface area (Å²) in [6.07, 6.45) is 4.11. The van der Waals surface area contributed by atoms with E-state index in [4.69, 9.17) is 0 Å². The Morgan fingerprint density at radius 3 is 2.74 bits per heavy atom. The molecule has 120 valence electrons. The van der Waals surface area contributed by atoms with E-state index in [9.17, 15) is 5.11 Å².